The first-order chi connectivity index (χ1) is 9.86. The van der Waals surface area contributed by atoms with Gasteiger partial charge in [0.1, 0.15) is 0 Å². The van der Waals surface area contributed by atoms with Gasteiger partial charge in [-0.25, -0.2) is 4.98 Å². The highest BCUT2D eigenvalue weighted by Gasteiger charge is 2.31. The second kappa shape index (κ2) is 5.98. The number of imidazole rings is 1. The quantitative estimate of drug-likeness (QED) is 0.782. The summed E-state index contributed by atoms with van der Waals surface area (Å²) in [6.07, 6.45) is -3.60. The number of benzene rings is 1. The lowest BCUT2D eigenvalue weighted by Crippen LogP contribution is -2.06. The molecule has 0 aliphatic heterocycles. The van der Waals surface area contributed by atoms with Crippen molar-refractivity contribution in [3.63, 3.8) is 0 Å². The van der Waals surface area contributed by atoms with Crippen LogP contribution in [0.15, 0.2) is 23.4 Å². The third kappa shape index (κ3) is 3.32. The summed E-state index contributed by atoms with van der Waals surface area (Å²) >= 11 is 1.26. The Hall–Kier alpha value is -1.68. The number of rotatable bonds is 4. The topological polar surface area (TPSA) is 41.6 Å². The minimum absolute atomic E-state index is 0.306. The van der Waals surface area contributed by atoms with Crippen molar-refractivity contribution in [3.8, 4) is 6.07 Å². The maximum atomic E-state index is 12.8. The third-order valence-electron chi connectivity index (χ3n) is 2.95. The van der Waals surface area contributed by atoms with Gasteiger partial charge < -0.3 is 4.57 Å². The molecule has 2 aromatic rings. The molecule has 0 saturated heterocycles. The van der Waals surface area contributed by atoms with E-state index in [0.29, 0.717) is 22.7 Å². The van der Waals surface area contributed by atoms with Gasteiger partial charge in [-0.2, -0.15) is 18.4 Å². The number of nitriles is 1. The molecule has 112 valence electrons. The van der Waals surface area contributed by atoms with E-state index in [1.54, 1.807) is 11.5 Å². The summed E-state index contributed by atoms with van der Waals surface area (Å²) in [4.78, 5) is 4.35. The van der Waals surface area contributed by atoms with Crippen LogP contribution in [0.25, 0.3) is 11.0 Å². The fraction of sp³-hybridized carbons (Fsp3) is 0.429. The second-order valence-corrected chi connectivity index (χ2v) is 5.94. The summed E-state index contributed by atoms with van der Waals surface area (Å²) in [6, 6.07) is 5.63. The number of aromatic nitrogens is 2. The van der Waals surface area contributed by atoms with E-state index >= 15 is 0 Å². The first-order valence-corrected chi connectivity index (χ1v) is 7.38. The maximum absolute atomic E-state index is 12.8. The van der Waals surface area contributed by atoms with Gasteiger partial charge in [-0.1, -0.05) is 18.7 Å². The van der Waals surface area contributed by atoms with Gasteiger partial charge in [0.15, 0.2) is 5.16 Å². The SMILES string of the molecule is CCCn1c(S[C@@H](C)C#N)nc2ccc(C(F)(F)F)cc21. The number of thioether (sulfide) groups is 1. The van der Waals surface area contributed by atoms with Crippen LogP contribution in [-0.4, -0.2) is 14.8 Å². The standard InChI is InChI=1S/C14H14F3N3S/c1-3-6-20-12-7-10(14(15,16)17)4-5-11(12)19-13(20)21-9(2)8-18/h4-5,7,9H,3,6H2,1-2H3/t9-/m0/s1. The molecular formula is C14H14F3N3S. The Bertz CT molecular complexity index is 685. The first kappa shape index (κ1) is 15.7. The first-order valence-electron chi connectivity index (χ1n) is 6.50. The molecule has 7 heteroatoms. The average Bonchev–Trinajstić information content (AvgIpc) is 2.75. The maximum Gasteiger partial charge on any atom is 0.416 e. The van der Waals surface area contributed by atoms with Gasteiger partial charge in [-0.3, -0.25) is 0 Å². The number of hydrogen-bond acceptors (Lipinski definition) is 3. The van der Waals surface area contributed by atoms with E-state index in [0.717, 1.165) is 18.6 Å². The Balaban J connectivity index is 2.56. The summed E-state index contributed by atoms with van der Waals surface area (Å²) in [6.45, 7) is 4.25. The van der Waals surface area contributed by atoms with Gasteiger partial charge in [-0.15, -0.1) is 0 Å². The van der Waals surface area contributed by atoms with Gasteiger partial charge in [-0.05, 0) is 31.5 Å². The smallest absolute Gasteiger partial charge is 0.319 e. The zero-order valence-corrected chi connectivity index (χ0v) is 12.4. The molecular weight excluding hydrogens is 299 g/mol. The van der Waals surface area contributed by atoms with E-state index in [-0.39, 0.29) is 5.25 Å². The van der Waals surface area contributed by atoms with Gasteiger partial charge in [0.05, 0.1) is 27.9 Å². The van der Waals surface area contributed by atoms with Crippen LogP contribution in [0.1, 0.15) is 25.8 Å². The predicted octanol–water partition coefficient (Wildman–Crippen LogP) is 4.47. The monoisotopic (exact) mass is 313 g/mol. The molecule has 0 bridgehead atoms. The Morgan fingerprint density at radius 2 is 2.14 bits per heavy atom. The lowest BCUT2D eigenvalue weighted by Gasteiger charge is -2.10. The molecule has 0 fully saturated rings. The normalized spacial score (nSPS) is 13.3. The largest absolute Gasteiger partial charge is 0.416 e. The van der Waals surface area contributed by atoms with E-state index in [1.807, 2.05) is 6.92 Å². The number of fused-ring (bicyclic) bond motifs is 1. The third-order valence-corrected chi connectivity index (χ3v) is 3.93. The predicted molar refractivity (Wildman–Crippen MR) is 76.0 cm³/mol. The second-order valence-electron chi connectivity index (χ2n) is 4.64. The van der Waals surface area contributed by atoms with Crippen LogP contribution in [-0.2, 0) is 12.7 Å². The summed E-state index contributed by atoms with van der Waals surface area (Å²) < 4.78 is 40.2. The molecule has 0 aliphatic carbocycles. The number of aryl methyl sites for hydroxylation is 1. The molecule has 1 atom stereocenters. The number of hydrogen-bond donors (Lipinski definition) is 0. The average molecular weight is 313 g/mol. The van der Waals surface area contributed by atoms with Gasteiger partial charge in [0.25, 0.3) is 0 Å². The molecule has 1 heterocycles. The molecule has 0 N–H and O–H groups in total. The van der Waals surface area contributed by atoms with Crippen molar-refractivity contribution in [3.05, 3.63) is 23.8 Å². The van der Waals surface area contributed by atoms with E-state index < -0.39 is 11.7 Å². The molecule has 3 nitrogen and oxygen atoms in total. The van der Waals surface area contributed by atoms with Crippen LogP contribution in [0.5, 0.6) is 0 Å². The molecule has 0 spiro atoms. The minimum Gasteiger partial charge on any atom is -0.319 e. The minimum atomic E-state index is -4.37. The van der Waals surface area contributed by atoms with Gasteiger partial charge in [0.2, 0.25) is 0 Å². The highest BCUT2D eigenvalue weighted by molar-refractivity contribution is 8.00. The Morgan fingerprint density at radius 1 is 1.43 bits per heavy atom. The lowest BCUT2D eigenvalue weighted by molar-refractivity contribution is -0.137. The van der Waals surface area contributed by atoms with Gasteiger partial charge in [0, 0.05) is 6.54 Å². The van der Waals surface area contributed by atoms with Crippen molar-refractivity contribution in [2.24, 2.45) is 0 Å². The van der Waals surface area contributed by atoms with E-state index in [4.69, 9.17) is 5.26 Å². The number of halogens is 3. The van der Waals surface area contributed by atoms with Crippen LogP contribution in [0.3, 0.4) is 0 Å². The highest BCUT2D eigenvalue weighted by Crippen LogP contribution is 2.33. The van der Waals surface area contributed by atoms with E-state index in [2.05, 4.69) is 11.1 Å². The zero-order valence-electron chi connectivity index (χ0n) is 11.6. The van der Waals surface area contributed by atoms with Crippen LogP contribution >= 0.6 is 11.8 Å². The van der Waals surface area contributed by atoms with Crippen molar-refractivity contribution in [2.75, 3.05) is 0 Å². The van der Waals surface area contributed by atoms with Crippen LogP contribution in [0.2, 0.25) is 0 Å². The molecule has 0 saturated carbocycles. The lowest BCUT2D eigenvalue weighted by atomic mass is 10.2. The zero-order chi connectivity index (χ0) is 15.6. The Morgan fingerprint density at radius 3 is 2.71 bits per heavy atom. The Kier molecular flexibility index (Phi) is 4.47. The number of nitrogens with zero attached hydrogens (tertiary/aromatic N) is 3. The highest BCUT2D eigenvalue weighted by atomic mass is 32.2. The fourth-order valence-electron chi connectivity index (χ4n) is 1.99. The van der Waals surface area contributed by atoms with Crippen LogP contribution in [0.4, 0.5) is 13.2 Å². The van der Waals surface area contributed by atoms with E-state index in [9.17, 15) is 13.2 Å². The van der Waals surface area contributed by atoms with E-state index in [1.165, 1.54) is 17.8 Å². The molecule has 0 radical (unpaired) electrons. The Labute approximate surface area is 124 Å². The summed E-state index contributed by atoms with van der Waals surface area (Å²) in [5.41, 5.74) is 0.292. The summed E-state index contributed by atoms with van der Waals surface area (Å²) in [7, 11) is 0. The van der Waals surface area contributed by atoms with Crippen molar-refractivity contribution >= 4 is 22.8 Å². The molecule has 21 heavy (non-hydrogen) atoms. The summed E-state index contributed by atoms with van der Waals surface area (Å²) in [5, 5.41) is 9.16. The molecule has 0 amide bonds. The van der Waals surface area contributed by atoms with Gasteiger partial charge >= 0.3 is 6.18 Å². The fourth-order valence-corrected chi connectivity index (χ4v) is 2.83. The van der Waals surface area contributed by atoms with Crippen molar-refractivity contribution < 1.29 is 13.2 Å². The van der Waals surface area contributed by atoms with Crippen LogP contribution < -0.4 is 0 Å². The number of alkyl halides is 3. The van der Waals surface area contributed by atoms with Crippen molar-refractivity contribution in [1.29, 1.82) is 5.26 Å². The molecule has 1 aromatic heterocycles. The van der Waals surface area contributed by atoms with Crippen LogP contribution in [0, 0.1) is 11.3 Å². The molecule has 0 unspecified atom stereocenters. The molecule has 0 aliphatic rings. The molecule has 1 aromatic carbocycles. The summed E-state index contributed by atoms with van der Waals surface area (Å²) in [5.74, 6) is 0. The van der Waals surface area contributed by atoms with Crippen molar-refractivity contribution in [2.45, 2.75) is 43.4 Å². The van der Waals surface area contributed by atoms with Crippen molar-refractivity contribution in [1.82, 2.24) is 9.55 Å². The molecule has 2 rings (SSSR count).